The van der Waals surface area contributed by atoms with Gasteiger partial charge in [-0.1, -0.05) is 15.9 Å². The normalized spacial score (nSPS) is 13.0. The van der Waals surface area contributed by atoms with E-state index in [2.05, 4.69) is 15.9 Å². The van der Waals surface area contributed by atoms with Gasteiger partial charge < -0.3 is 19.9 Å². The van der Waals surface area contributed by atoms with Crippen molar-refractivity contribution >= 4 is 21.6 Å². The molecular weight excluding hydrogens is 341 g/mol. The van der Waals surface area contributed by atoms with Crippen molar-refractivity contribution in [2.24, 2.45) is 0 Å². The summed E-state index contributed by atoms with van der Waals surface area (Å²) in [5.41, 5.74) is 7.28. The summed E-state index contributed by atoms with van der Waals surface area (Å²) in [5.74, 6) is 1.34. The van der Waals surface area contributed by atoms with E-state index in [0.29, 0.717) is 40.6 Å². The Morgan fingerprint density at radius 3 is 2.52 bits per heavy atom. The van der Waals surface area contributed by atoms with Gasteiger partial charge in [-0.25, -0.2) is 4.39 Å². The summed E-state index contributed by atoms with van der Waals surface area (Å²) in [7, 11) is 0. The highest BCUT2D eigenvalue weighted by Gasteiger charge is 2.15. The number of ether oxygens (including phenoxy) is 3. The van der Waals surface area contributed by atoms with Crippen molar-refractivity contribution in [2.75, 3.05) is 18.9 Å². The molecule has 0 unspecified atom stereocenters. The molecule has 2 N–H and O–H groups in total. The first-order chi connectivity index (χ1) is 10.1. The number of halogens is 2. The first kappa shape index (κ1) is 14.0. The molecule has 3 rings (SSSR count). The van der Waals surface area contributed by atoms with Crippen LogP contribution >= 0.6 is 15.9 Å². The van der Waals surface area contributed by atoms with Gasteiger partial charge >= 0.3 is 0 Å². The van der Waals surface area contributed by atoms with E-state index in [1.54, 1.807) is 18.2 Å². The standard InChI is InChI=1S/C15H13BrFNO3/c16-10-4-11(17)6-12(5-10)21-8-9-3-14-15(7-13(9)18)20-2-1-19-14/h3-7H,1-2,8,18H2. The average molecular weight is 354 g/mol. The molecule has 2 aromatic carbocycles. The van der Waals surface area contributed by atoms with E-state index in [-0.39, 0.29) is 12.4 Å². The molecule has 1 heterocycles. The zero-order valence-electron chi connectivity index (χ0n) is 11.1. The molecule has 0 atom stereocenters. The highest BCUT2D eigenvalue weighted by atomic mass is 79.9. The Bertz CT molecular complexity index is 658. The molecule has 0 aliphatic carbocycles. The number of fused-ring (bicyclic) bond motifs is 1. The molecule has 2 aromatic rings. The van der Waals surface area contributed by atoms with Gasteiger partial charge in [0.15, 0.2) is 11.5 Å². The topological polar surface area (TPSA) is 53.7 Å². The summed E-state index contributed by atoms with van der Waals surface area (Å²) in [5, 5.41) is 0. The molecule has 0 saturated carbocycles. The third-order valence-corrected chi connectivity index (χ3v) is 3.49. The van der Waals surface area contributed by atoms with Crippen LogP contribution in [-0.2, 0) is 6.61 Å². The molecular formula is C15H13BrFNO3. The number of rotatable bonds is 3. The minimum absolute atomic E-state index is 0.221. The zero-order chi connectivity index (χ0) is 14.8. The van der Waals surface area contributed by atoms with E-state index in [0.717, 1.165) is 5.56 Å². The van der Waals surface area contributed by atoms with Crippen molar-refractivity contribution in [3.05, 3.63) is 46.2 Å². The Hall–Kier alpha value is -1.95. The van der Waals surface area contributed by atoms with Gasteiger partial charge in [0.25, 0.3) is 0 Å². The van der Waals surface area contributed by atoms with Crippen LogP contribution in [0.1, 0.15) is 5.56 Å². The Kier molecular flexibility index (Phi) is 3.88. The fourth-order valence-corrected chi connectivity index (χ4v) is 2.49. The molecule has 1 aliphatic heterocycles. The Morgan fingerprint density at radius 1 is 1.10 bits per heavy atom. The van der Waals surface area contributed by atoms with Crippen molar-refractivity contribution < 1.29 is 18.6 Å². The van der Waals surface area contributed by atoms with Crippen molar-refractivity contribution in [1.29, 1.82) is 0 Å². The van der Waals surface area contributed by atoms with E-state index >= 15 is 0 Å². The summed E-state index contributed by atoms with van der Waals surface area (Å²) in [6, 6.07) is 7.88. The SMILES string of the molecule is Nc1cc2c(cc1COc1cc(F)cc(Br)c1)OCCO2. The largest absolute Gasteiger partial charge is 0.489 e. The predicted molar refractivity (Wildman–Crippen MR) is 80.3 cm³/mol. The number of benzene rings is 2. The first-order valence-corrected chi connectivity index (χ1v) is 7.18. The lowest BCUT2D eigenvalue weighted by molar-refractivity contribution is 0.171. The first-order valence-electron chi connectivity index (χ1n) is 6.39. The van der Waals surface area contributed by atoms with Crippen molar-refractivity contribution in [3.63, 3.8) is 0 Å². The van der Waals surface area contributed by atoms with E-state index < -0.39 is 0 Å². The van der Waals surface area contributed by atoms with E-state index in [9.17, 15) is 4.39 Å². The van der Waals surface area contributed by atoms with Crippen LogP contribution in [0.15, 0.2) is 34.8 Å². The van der Waals surface area contributed by atoms with Gasteiger partial charge in [0.2, 0.25) is 0 Å². The third-order valence-electron chi connectivity index (χ3n) is 3.03. The fraction of sp³-hybridized carbons (Fsp3) is 0.200. The maximum atomic E-state index is 13.3. The molecule has 0 radical (unpaired) electrons. The molecule has 21 heavy (non-hydrogen) atoms. The Morgan fingerprint density at radius 2 is 1.81 bits per heavy atom. The van der Waals surface area contributed by atoms with Crippen LogP contribution in [0.2, 0.25) is 0 Å². The molecule has 0 bridgehead atoms. The molecule has 0 amide bonds. The summed E-state index contributed by atoms with van der Waals surface area (Å²) in [6.07, 6.45) is 0. The lowest BCUT2D eigenvalue weighted by Gasteiger charge is -2.20. The molecule has 1 aliphatic rings. The molecule has 6 heteroatoms. The van der Waals surface area contributed by atoms with Crippen LogP contribution in [0.5, 0.6) is 17.2 Å². The maximum Gasteiger partial charge on any atom is 0.163 e. The van der Waals surface area contributed by atoms with E-state index in [4.69, 9.17) is 19.9 Å². The quantitative estimate of drug-likeness (QED) is 0.857. The predicted octanol–water partition coefficient (Wildman–Crippen LogP) is 3.52. The van der Waals surface area contributed by atoms with Crippen LogP contribution in [0.25, 0.3) is 0 Å². The number of hydrogen-bond donors (Lipinski definition) is 1. The summed E-state index contributed by atoms with van der Waals surface area (Å²) < 4.78 is 30.4. The van der Waals surface area contributed by atoms with Gasteiger partial charge in [-0.3, -0.25) is 0 Å². The molecule has 0 aromatic heterocycles. The van der Waals surface area contributed by atoms with Crippen LogP contribution < -0.4 is 19.9 Å². The maximum absolute atomic E-state index is 13.3. The fourth-order valence-electron chi connectivity index (χ4n) is 2.04. The average Bonchev–Trinajstić information content (AvgIpc) is 2.44. The monoisotopic (exact) mass is 353 g/mol. The van der Waals surface area contributed by atoms with Crippen molar-refractivity contribution in [2.45, 2.75) is 6.61 Å². The minimum Gasteiger partial charge on any atom is -0.489 e. The Labute approximate surface area is 129 Å². The van der Waals surface area contributed by atoms with Crippen LogP contribution in [0.4, 0.5) is 10.1 Å². The summed E-state index contributed by atoms with van der Waals surface area (Å²) >= 11 is 3.22. The van der Waals surface area contributed by atoms with Gasteiger partial charge in [-0.2, -0.15) is 0 Å². The van der Waals surface area contributed by atoms with E-state index in [1.807, 2.05) is 0 Å². The molecule has 4 nitrogen and oxygen atoms in total. The van der Waals surface area contributed by atoms with Crippen LogP contribution in [-0.4, -0.2) is 13.2 Å². The molecule has 110 valence electrons. The third kappa shape index (κ3) is 3.21. The number of nitrogen functional groups attached to an aromatic ring is 1. The second-order valence-corrected chi connectivity index (χ2v) is 5.50. The minimum atomic E-state index is -0.366. The van der Waals surface area contributed by atoms with Crippen molar-refractivity contribution in [3.8, 4) is 17.2 Å². The smallest absolute Gasteiger partial charge is 0.163 e. The van der Waals surface area contributed by atoms with Gasteiger partial charge in [0.05, 0.1) is 0 Å². The van der Waals surface area contributed by atoms with E-state index in [1.165, 1.54) is 12.1 Å². The summed E-state index contributed by atoms with van der Waals surface area (Å²) in [6.45, 7) is 1.24. The number of anilines is 1. The van der Waals surface area contributed by atoms with Gasteiger partial charge in [-0.15, -0.1) is 0 Å². The van der Waals surface area contributed by atoms with Gasteiger partial charge in [0.1, 0.15) is 31.4 Å². The second kappa shape index (κ2) is 5.81. The summed E-state index contributed by atoms with van der Waals surface area (Å²) in [4.78, 5) is 0. The number of nitrogens with two attached hydrogens (primary N) is 1. The van der Waals surface area contributed by atoms with Crippen LogP contribution in [0, 0.1) is 5.82 Å². The lowest BCUT2D eigenvalue weighted by Crippen LogP contribution is -2.16. The molecule has 0 spiro atoms. The van der Waals surface area contributed by atoms with Crippen molar-refractivity contribution in [1.82, 2.24) is 0 Å². The Balaban J connectivity index is 1.78. The van der Waals surface area contributed by atoms with Gasteiger partial charge in [0, 0.05) is 27.9 Å². The zero-order valence-corrected chi connectivity index (χ0v) is 12.7. The highest BCUT2D eigenvalue weighted by Crippen LogP contribution is 2.35. The highest BCUT2D eigenvalue weighted by molar-refractivity contribution is 9.10. The van der Waals surface area contributed by atoms with Gasteiger partial charge in [-0.05, 0) is 18.2 Å². The number of hydrogen-bond acceptors (Lipinski definition) is 4. The second-order valence-electron chi connectivity index (χ2n) is 4.59. The molecule has 0 saturated heterocycles. The van der Waals surface area contributed by atoms with Crippen LogP contribution in [0.3, 0.4) is 0 Å². The lowest BCUT2D eigenvalue weighted by atomic mass is 10.1. The molecule has 0 fully saturated rings.